The second kappa shape index (κ2) is 8.42. The number of urea groups is 1. The topological polar surface area (TPSA) is 85.8 Å². The summed E-state index contributed by atoms with van der Waals surface area (Å²) in [6, 6.07) is 11.2. The highest BCUT2D eigenvalue weighted by atomic mass is 16.2. The zero-order valence-electron chi connectivity index (χ0n) is 20.0. The lowest BCUT2D eigenvalue weighted by molar-refractivity contribution is -0.141. The lowest BCUT2D eigenvalue weighted by Gasteiger charge is -2.31. The second-order valence-electron chi connectivity index (χ2n) is 9.90. The van der Waals surface area contributed by atoms with Crippen LogP contribution < -0.4 is 10.2 Å². The van der Waals surface area contributed by atoms with Crippen molar-refractivity contribution in [1.82, 2.24) is 20.1 Å². The zero-order chi connectivity index (χ0) is 24.0. The Morgan fingerprint density at radius 3 is 2.65 bits per heavy atom. The molecule has 8 nitrogen and oxygen atoms in total. The largest absolute Gasteiger partial charge is 0.363 e. The number of carbonyl (C=O) groups excluding carboxylic acids is 3. The first-order valence-corrected chi connectivity index (χ1v) is 11.9. The normalized spacial score (nSPS) is 22.0. The van der Waals surface area contributed by atoms with E-state index >= 15 is 0 Å². The molecule has 2 aromatic rings. The Labute approximate surface area is 199 Å². The monoisotopic (exact) mass is 461 g/mol. The summed E-state index contributed by atoms with van der Waals surface area (Å²) in [6.45, 7) is 2.20. The first kappa shape index (κ1) is 22.4. The van der Waals surface area contributed by atoms with Crippen LogP contribution in [-0.2, 0) is 28.1 Å². The van der Waals surface area contributed by atoms with Crippen molar-refractivity contribution in [3.05, 3.63) is 59.3 Å². The van der Waals surface area contributed by atoms with Crippen LogP contribution in [0.3, 0.4) is 0 Å². The molecule has 5 rings (SSSR count). The third-order valence-corrected chi connectivity index (χ3v) is 7.45. The van der Waals surface area contributed by atoms with E-state index in [0.717, 1.165) is 46.7 Å². The van der Waals surface area contributed by atoms with Crippen LogP contribution in [0, 0.1) is 5.92 Å². The molecule has 8 heteroatoms. The molecule has 1 saturated heterocycles. The van der Waals surface area contributed by atoms with E-state index in [4.69, 9.17) is 0 Å². The Morgan fingerprint density at radius 1 is 1.21 bits per heavy atom. The van der Waals surface area contributed by atoms with Crippen molar-refractivity contribution >= 4 is 23.7 Å². The zero-order valence-corrected chi connectivity index (χ0v) is 20.0. The number of benzene rings is 1. The predicted molar refractivity (Wildman–Crippen MR) is 128 cm³/mol. The maximum atomic E-state index is 13.5. The van der Waals surface area contributed by atoms with E-state index in [9.17, 15) is 14.4 Å². The van der Waals surface area contributed by atoms with Gasteiger partial charge in [0.1, 0.15) is 17.9 Å². The van der Waals surface area contributed by atoms with Gasteiger partial charge in [-0.3, -0.25) is 14.5 Å². The van der Waals surface area contributed by atoms with E-state index in [2.05, 4.69) is 17.2 Å². The van der Waals surface area contributed by atoms with Gasteiger partial charge in [-0.2, -0.15) is 0 Å². The standard InChI is InChI=1S/C26H31N5O3/c1-17(19-9-10-19)30(15-18-8-11-22(27-14-18)29(2)3)23(32)16-31-24(33)26(28-25(31)34)13-12-20-6-4-5-7-21(20)26/h4-8,11,14,17,19H,9-10,12-13,15-16H2,1-3H3,(H,28,34)/t17-,26?/m0/s1. The van der Waals surface area contributed by atoms with Gasteiger partial charge in [-0.25, -0.2) is 9.78 Å². The number of carbonyl (C=O) groups is 3. The predicted octanol–water partition coefficient (Wildman–Crippen LogP) is 2.67. The Hall–Kier alpha value is -3.42. The van der Waals surface area contributed by atoms with Gasteiger partial charge in [0.05, 0.1) is 0 Å². The summed E-state index contributed by atoms with van der Waals surface area (Å²) in [5.41, 5.74) is 1.79. The van der Waals surface area contributed by atoms with Gasteiger partial charge in [0.15, 0.2) is 0 Å². The second-order valence-corrected chi connectivity index (χ2v) is 9.90. The highest BCUT2D eigenvalue weighted by Crippen LogP contribution is 2.41. The van der Waals surface area contributed by atoms with Gasteiger partial charge in [0, 0.05) is 32.9 Å². The van der Waals surface area contributed by atoms with Gasteiger partial charge in [-0.05, 0) is 61.3 Å². The van der Waals surface area contributed by atoms with Crippen molar-refractivity contribution < 1.29 is 14.4 Å². The molecule has 1 aromatic carbocycles. The molecule has 2 aliphatic carbocycles. The first-order valence-electron chi connectivity index (χ1n) is 11.9. The van der Waals surface area contributed by atoms with Crippen molar-refractivity contribution in [2.75, 3.05) is 25.5 Å². The summed E-state index contributed by atoms with van der Waals surface area (Å²) < 4.78 is 0. The smallest absolute Gasteiger partial charge is 0.325 e. The Kier molecular flexibility index (Phi) is 5.54. The van der Waals surface area contributed by atoms with Gasteiger partial charge >= 0.3 is 6.03 Å². The fraction of sp³-hybridized carbons (Fsp3) is 0.462. The van der Waals surface area contributed by atoms with Crippen LogP contribution in [0.1, 0.15) is 42.9 Å². The number of amides is 4. The van der Waals surface area contributed by atoms with Crippen molar-refractivity contribution in [1.29, 1.82) is 0 Å². The number of imide groups is 1. The third kappa shape index (κ3) is 3.81. The van der Waals surface area contributed by atoms with Gasteiger partial charge < -0.3 is 15.1 Å². The molecule has 2 atom stereocenters. The summed E-state index contributed by atoms with van der Waals surface area (Å²) in [5.74, 6) is 0.752. The summed E-state index contributed by atoms with van der Waals surface area (Å²) in [7, 11) is 3.86. The van der Waals surface area contributed by atoms with Crippen molar-refractivity contribution in [3.63, 3.8) is 0 Å². The number of hydrogen-bond acceptors (Lipinski definition) is 5. The number of hydrogen-bond donors (Lipinski definition) is 1. The third-order valence-electron chi connectivity index (χ3n) is 7.45. The SMILES string of the molecule is C[C@@H](C1CC1)N(Cc1ccc(N(C)C)nc1)C(=O)CN1C(=O)NC2(CCc3ccccc32)C1=O. The number of aromatic nitrogens is 1. The van der Waals surface area contributed by atoms with E-state index in [1.165, 1.54) is 0 Å². The number of nitrogens with zero attached hydrogens (tertiary/aromatic N) is 4. The lowest BCUT2D eigenvalue weighted by atomic mass is 9.92. The Bertz CT molecular complexity index is 1130. The molecule has 0 radical (unpaired) electrons. The molecule has 2 heterocycles. The van der Waals surface area contributed by atoms with E-state index in [1.54, 1.807) is 11.1 Å². The van der Waals surface area contributed by atoms with Gasteiger partial charge in [0.25, 0.3) is 5.91 Å². The Morgan fingerprint density at radius 2 is 1.97 bits per heavy atom. The maximum absolute atomic E-state index is 13.5. The molecule has 1 saturated carbocycles. The average Bonchev–Trinajstić information content (AvgIpc) is 3.58. The fourth-order valence-electron chi connectivity index (χ4n) is 5.22. The highest BCUT2D eigenvalue weighted by Gasteiger charge is 2.55. The van der Waals surface area contributed by atoms with Crippen molar-refractivity contribution in [3.8, 4) is 0 Å². The van der Waals surface area contributed by atoms with Crippen LogP contribution in [-0.4, -0.2) is 59.3 Å². The summed E-state index contributed by atoms with van der Waals surface area (Å²) in [4.78, 5) is 49.2. The molecule has 2 fully saturated rings. The number of nitrogens with one attached hydrogen (secondary N) is 1. The Balaban J connectivity index is 1.35. The van der Waals surface area contributed by atoms with Gasteiger partial charge in [-0.1, -0.05) is 30.3 Å². The van der Waals surface area contributed by atoms with E-state index in [1.807, 2.05) is 55.4 Å². The molecule has 0 bridgehead atoms. The minimum absolute atomic E-state index is 0.0305. The summed E-state index contributed by atoms with van der Waals surface area (Å²) in [6.07, 6.45) is 5.21. The van der Waals surface area contributed by atoms with Crippen molar-refractivity contribution in [2.45, 2.75) is 50.7 Å². The number of fused-ring (bicyclic) bond motifs is 2. The highest BCUT2D eigenvalue weighted by molar-refractivity contribution is 6.09. The molecule has 1 unspecified atom stereocenters. The molecule has 1 aliphatic heterocycles. The van der Waals surface area contributed by atoms with Crippen LogP contribution in [0.25, 0.3) is 0 Å². The van der Waals surface area contributed by atoms with Crippen LogP contribution in [0.2, 0.25) is 0 Å². The molecule has 178 valence electrons. The van der Waals surface area contributed by atoms with Gasteiger partial charge in [0.2, 0.25) is 5.91 Å². The minimum atomic E-state index is -1.05. The average molecular weight is 462 g/mol. The molecule has 34 heavy (non-hydrogen) atoms. The quantitative estimate of drug-likeness (QED) is 0.641. The van der Waals surface area contributed by atoms with Crippen LogP contribution in [0.5, 0.6) is 0 Å². The molecule has 1 spiro atoms. The first-order chi connectivity index (χ1) is 16.3. The molecule has 1 N–H and O–H groups in total. The van der Waals surface area contributed by atoms with E-state index in [-0.39, 0.29) is 24.4 Å². The number of aryl methyl sites for hydroxylation is 1. The molecule has 3 aliphatic rings. The molecular formula is C26H31N5O3. The maximum Gasteiger partial charge on any atom is 0.325 e. The molecule has 4 amide bonds. The number of pyridine rings is 1. The molecular weight excluding hydrogens is 430 g/mol. The fourth-order valence-corrected chi connectivity index (χ4v) is 5.22. The van der Waals surface area contributed by atoms with Crippen LogP contribution in [0.15, 0.2) is 42.6 Å². The molecule has 1 aromatic heterocycles. The van der Waals surface area contributed by atoms with E-state index < -0.39 is 11.6 Å². The lowest BCUT2D eigenvalue weighted by Crippen LogP contribution is -2.47. The van der Waals surface area contributed by atoms with Crippen LogP contribution in [0.4, 0.5) is 10.6 Å². The number of rotatable bonds is 7. The summed E-state index contributed by atoms with van der Waals surface area (Å²) >= 11 is 0. The summed E-state index contributed by atoms with van der Waals surface area (Å²) in [5, 5.41) is 2.91. The van der Waals surface area contributed by atoms with E-state index in [0.29, 0.717) is 18.9 Å². The minimum Gasteiger partial charge on any atom is -0.363 e. The number of anilines is 1. The van der Waals surface area contributed by atoms with Crippen LogP contribution >= 0.6 is 0 Å². The van der Waals surface area contributed by atoms with Crippen molar-refractivity contribution in [2.24, 2.45) is 5.92 Å². The van der Waals surface area contributed by atoms with Gasteiger partial charge in [-0.15, -0.1) is 0 Å².